The summed E-state index contributed by atoms with van der Waals surface area (Å²) in [7, 11) is -3.97. The van der Waals surface area contributed by atoms with Gasteiger partial charge in [0, 0.05) is 28.7 Å². The molecule has 0 spiro atoms. The Morgan fingerprint density at radius 3 is 2.16 bits per heavy atom. The van der Waals surface area contributed by atoms with E-state index in [9.17, 15) is 13.2 Å². The normalized spacial score (nSPS) is 11.5. The molecule has 1 amide bonds. The SMILES string of the molecule is Cc1ccc(S(=O)(=O)N(CC(=O)NCCc2ccccc2)Cc2c(Cl)cccc2Cl)cc1. The molecule has 0 fully saturated rings. The molecule has 0 unspecified atom stereocenters. The van der Waals surface area contributed by atoms with Gasteiger partial charge in [0.05, 0.1) is 11.4 Å². The minimum atomic E-state index is -3.97. The standard InChI is InChI=1S/C24H24Cl2N2O3S/c1-18-10-12-20(13-11-18)32(30,31)28(16-21-22(25)8-5-9-23(21)26)17-24(29)27-15-14-19-6-3-2-4-7-19/h2-13H,14-17H2,1H3,(H,27,29). The van der Waals surface area contributed by atoms with Crippen molar-refractivity contribution >= 4 is 39.1 Å². The predicted octanol–water partition coefficient (Wildman–Crippen LogP) is 4.85. The summed E-state index contributed by atoms with van der Waals surface area (Å²) in [6.45, 7) is 1.79. The summed E-state index contributed by atoms with van der Waals surface area (Å²) in [5, 5.41) is 3.48. The number of sulfonamides is 1. The van der Waals surface area contributed by atoms with Crippen molar-refractivity contribution in [1.29, 1.82) is 0 Å². The van der Waals surface area contributed by atoms with Crippen molar-refractivity contribution in [3.63, 3.8) is 0 Å². The minimum Gasteiger partial charge on any atom is -0.355 e. The summed E-state index contributed by atoms with van der Waals surface area (Å²) in [5.41, 5.74) is 2.46. The summed E-state index contributed by atoms with van der Waals surface area (Å²) in [6, 6.07) is 21.2. The predicted molar refractivity (Wildman–Crippen MR) is 128 cm³/mol. The molecule has 0 aliphatic carbocycles. The summed E-state index contributed by atoms with van der Waals surface area (Å²) >= 11 is 12.5. The molecule has 0 bridgehead atoms. The van der Waals surface area contributed by atoms with E-state index in [1.807, 2.05) is 37.3 Å². The Morgan fingerprint density at radius 2 is 1.53 bits per heavy atom. The van der Waals surface area contributed by atoms with Gasteiger partial charge < -0.3 is 5.32 Å². The third-order valence-corrected chi connectivity index (χ3v) is 7.47. The van der Waals surface area contributed by atoms with Gasteiger partial charge in [-0.1, -0.05) is 77.3 Å². The molecule has 0 aliphatic heterocycles. The van der Waals surface area contributed by atoms with Gasteiger partial charge in [0.1, 0.15) is 0 Å². The first-order valence-corrected chi connectivity index (χ1v) is 12.3. The summed E-state index contributed by atoms with van der Waals surface area (Å²) in [4.78, 5) is 12.8. The van der Waals surface area contributed by atoms with Crippen LogP contribution in [0.3, 0.4) is 0 Å². The van der Waals surface area contributed by atoms with Gasteiger partial charge in [-0.3, -0.25) is 4.79 Å². The molecule has 8 heteroatoms. The summed E-state index contributed by atoms with van der Waals surface area (Å²) in [6.07, 6.45) is 0.646. The molecular formula is C24H24Cl2N2O3S. The van der Waals surface area contributed by atoms with Crippen LogP contribution in [-0.4, -0.2) is 31.7 Å². The van der Waals surface area contributed by atoms with E-state index in [1.165, 1.54) is 12.1 Å². The first kappa shape index (κ1) is 24.3. The van der Waals surface area contributed by atoms with Crippen LogP contribution < -0.4 is 5.32 Å². The van der Waals surface area contributed by atoms with Gasteiger partial charge in [0.15, 0.2) is 0 Å². The second-order valence-corrected chi connectivity index (χ2v) is 10.1. The molecule has 0 aromatic heterocycles. The van der Waals surface area contributed by atoms with Crippen molar-refractivity contribution in [2.75, 3.05) is 13.1 Å². The van der Waals surface area contributed by atoms with Gasteiger partial charge in [-0.25, -0.2) is 8.42 Å². The molecule has 5 nitrogen and oxygen atoms in total. The monoisotopic (exact) mass is 490 g/mol. The highest BCUT2D eigenvalue weighted by Gasteiger charge is 2.28. The highest BCUT2D eigenvalue weighted by molar-refractivity contribution is 7.89. The van der Waals surface area contributed by atoms with Gasteiger partial charge in [-0.2, -0.15) is 4.31 Å². The first-order chi connectivity index (χ1) is 15.3. The molecule has 32 heavy (non-hydrogen) atoms. The van der Waals surface area contributed by atoms with Crippen molar-refractivity contribution in [3.8, 4) is 0 Å². The number of aryl methyl sites for hydroxylation is 1. The molecule has 3 aromatic carbocycles. The van der Waals surface area contributed by atoms with Crippen LogP contribution in [0.15, 0.2) is 77.7 Å². The molecule has 0 saturated carbocycles. The number of nitrogens with zero attached hydrogens (tertiary/aromatic N) is 1. The second kappa shape index (κ2) is 11.0. The fourth-order valence-corrected chi connectivity index (χ4v) is 5.03. The fraction of sp³-hybridized carbons (Fsp3) is 0.208. The van der Waals surface area contributed by atoms with E-state index in [-0.39, 0.29) is 18.0 Å². The van der Waals surface area contributed by atoms with E-state index in [0.29, 0.717) is 28.6 Å². The van der Waals surface area contributed by atoms with Crippen molar-refractivity contribution in [1.82, 2.24) is 9.62 Å². The summed E-state index contributed by atoms with van der Waals surface area (Å²) in [5.74, 6) is -0.403. The number of carbonyl (C=O) groups excluding carboxylic acids is 1. The van der Waals surface area contributed by atoms with E-state index in [0.717, 1.165) is 15.4 Å². The lowest BCUT2D eigenvalue weighted by molar-refractivity contribution is -0.121. The van der Waals surface area contributed by atoms with Crippen LogP contribution in [0, 0.1) is 6.92 Å². The molecular weight excluding hydrogens is 467 g/mol. The molecule has 0 atom stereocenters. The Hall–Kier alpha value is -2.38. The smallest absolute Gasteiger partial charge is 0.243 e. The average molecular weight is 491 g/mol. The molecule has 0 saturated heterocycles. The highest BCUT2D eigenvalue weighted by atomic mass is 35.5. The lowest BCUT2D eigenvalue weighted by Crippen LogP contribution is -2.41. The zero-order chi connectivity index (χ0) is 23.1. The van der Waals surface area contributed by atoms with Crippen LogP contribution in [-0.2, 0) is 27.8 Å². The van der Waals surface area contributed by atoms with E-state index in [4.69, 9.17) is 23.2 Å². The number of halogens is 2. The maximum Gasteiger partial charge on any atom is 0.243 e. The quantitative estimate of drug-likeness (QED) is 0.465. The van der Waals surface area contributed by atoms with Crippen LogP contribution >= 0.6 is 23.2 Å². The van der Waals surface area contributed by atoms with Crippen LogP contribution in [0.5, 0.6) is 0 Å². The van der Waals surface area contributed by atoms with Crippen molar-refractivity contribution < 1.29 is 13.2 Å². The number of hydrogen-bond donors (Lipinski definition) is 1. The zero-order valence-electron chi connectivity index (χ0n) is 17.6. The largest absolute Gasteiger partial charge is 0.355 e. The van der Waals surface area contributed by atoms with Crippen molar-refractivity contribution in [2.24, 2.45) is 0 Å². The highest BCUT2D eigenvalue weighted by Crippen LogP contribution is 2.28. The number of rotatable bonds is 9. The molecule has 1 N–H and O–H groups in total. The van der Waals surface area contributed by atoms with E-state index < -0.39 is 15.9 Å². The molecule has 0 heterocycles. The first-order valence-electron chi connectivity index (χ1n) is 10.1. The number of benzene rings is 3. The molecule has 0 radical (unpaired) electrons. The van der Waals surface area contributed by atoms with Crippen LogP contribution in [0.1, 0.15) is 16.7 Å². The Kier molecular flexibility index (Phi) is 8.32. The number of nitrogens with one attached hydrogen (secondary N) is 1. The molecule has 3 rings (SSSR count). The van der Waals surface area contributed by atoms with Crippen LogP contribution in [0.2, 0.25) is 10.0 Å². The third-order valence-electron chi connectivity index (χ3n) is 4.95. The fourth-order valence-electron chi connectivity index (χ4n) is 3.15. The Morgan fingerprint density at radius 1 is 0.906 bits per heavy atom. The van der Waals surface area contributed by atoms with E-state index >= 15 is 0 Å². The molecule has 168 valence electrons. The van der Waals surface area contributed by atoms with E-state index in [1.54, 1.807) is 30.3 Å². The summed E-state index contributed by atoms with van der Waals surface area (Å²) < 4.78 is 27.8. The Labute approximate surface area is 199 Å². The van der Waals surface area contributed by atoms with Gasteiger partial charge in [-0.15, -0.1) is 0 Å². The average Bonchev–Trinajstić information content (AvgIpc) is 2.76. The third kappa shape index (κ3) is 6.33. The zero-order valence-corrected chi connectivity index (χ0v) is 19.9. The minimum absolute atomic E-state index is 0.100. The molecule has 0 aliphatic rings. The van der Waals surface area contributed by atoms with Crippen molar-refractivity contribution in [2.45, 2.75) is 24.8 Å². The second-order valence-electron chi connectivity index (χ2n) is 7.37. The lowest BCUT2D eigenvalue weighted by Gasteiger charge is -2.23. The van der Waals surface area contributed by atoms with Gasteiger partial charge in [0.25, 0.3) is 0 Å². The molecule has 3 aromatic rings. The maximum atomic E-state index is 13.4. The Bertz CT molecular complexity index is 1150. The lowest BCUT2D eigenvalue weighted by atomic mass is 10.1. The van der Waals surface area contributed by atoms with Crippen molar-refractivity contribution in [3.05, 3.63) is 99.5 Å². The Balaban J connectivity index is 1.80. The van der Waals surface area contributed by atoms with Gasteiger partial charge in [-0.05, 0) is 43.2 Å². The number of amides is 1. The van der Waals surface area contributed by atoms with E-state index in [2.05, 4.69) is 5.32 Å². The van der Waals surface area contributed by atoms with Gasteiger partial charge >= 0.3 is 0 Å². The number of hydrogen-bond acceptors (Lipinski definition) is 3. The van der Waals surface area contributed by atoms with Crippen LogP contribution in [0.25, 0.3) is 0 Å². The topological polar surface area (TPSA) is 66.5 Å². The van der Waals surface area contributed by atoms with Gasteiger partial charge in [0.2, 0.25) is 15.9 Å². The maximum absolute atomic E-state index is 13.4. The number of carbonyl (C=O) groups is 1. The van der Waals surface area contributed by atoms with Crippen LogP contribution in [0.4, 0.5) is 0 Å².